The van der Waals surface area contributed by atoms with Crippen LogP contribution >= 0.6 is 0 Å². The van der Waals surface area contributed by atoms with E-state index in [1.807, 2.05) is 27.9 Å². The Morgan fingerprint density at radius 2 is 1.83 bits per heavy atom. The fourth-order valence-electron chi connectivity index (χ4n) is 1.93. The summed E-state index contributed by atoms with van der Waals surface area (Å²) in [5.74, 6) is 1.21. The second-order valence-corrected chi connectivity index (χ2v) is 5.71. The maximum absolute atomic E-state index is 12.5. The molecule has 1 aromatic heterocycles. The minimum atomic E-state index is -0.262. The van der Waals surface area contributed by atoms with Gasteiger partial charge in [0.05, 0.1) is 7.11 Å². The number of benzene rings is 1. The number of nitrogens with zero attached hydrogens (tertiary/aromatic N) is 3. The highest BCUT2D eigenvalue weighted by atomic mass is 16.5. The number of ether oxygens (including phenoxy) is 1. The van der Waals surface area contributed by atoms with E-state index in [2.05, 4.69) is 15.3 Å². The molecule has 6 nitrogen and oxygen atoms in total. The van der Waals surface area contributed by atoms with E-state index in [-0.39, 0.29) is 11.8 Å². The number of carbonyl (C=O) groups is 1. The van der Waals surface area contributed by atoms with E-state index in [4.69, 9.17) is 4.74 Å². The first-order valence-corrected chi connectivity index (χ1v) is 7.42. The van der Waals surface area contributed by atoms with Crippen LogP contribution in [-0.4, -0.2) is 37.1 Å². The lowest BCUT2D eigenvalue weighted by atomic mass is 10.1. The van der Waals surface area contributed by atoms with Crippen LogP contribution in [0.4, 0.5) is 11.6 Å². The van der Waals surface area contributed by atoms with Crippen molar-refractivity contribution in [2.24, 2.45) is 0 Å². The van der Waals surface area contributed by atoms with E-state index < -0.39 is 0 Å². The second kappa shape index (κ2) is 7.09. The van der Waals surface area contributed by atoms with E-state index in [0.717, 1.165) is 11.4 Å². The van der Waals surface area contributed by atoms with Crippen LogP contribution in [0.5, 0.6) is 5.75 Å². The third kappa shape index (κ3) is 4.18. The Balaban J connectivity index is 2.26. The van der Waals surface area contributed by atoms with Gasteiger partial charge in [0.1, 0.15) is 11.4 Å². The van der Waals surface area contributed by atoms with Crippen LogP contribution in [0.25, 0.3) is 0 Å². The Labute approximate surface area is 136 Å². The topological polar surface area (TPSA) is 67.3 Å². The minimum Gasteiger partial charge on any atom is -0.497 e. The van der Waals surface area contributed by atoms with Crippen molar-refractivity contribution in [3.05, 3.63) is 41.7 Å². The van der Waals surface area contributed by atoms with E-state index in [0.29, 0.717) is 17.3 Å². The molecule has 1 N–H and O–H groups in total. The first-order chi connectivity index (χ1) is 10.9. The van der Waals surface area contributed by atoms with Crippen molar-refractivity contribution >= 4 is 17.5 Å². The lowest BCUT2D eigenvalue weighted by Gasteiger charge is -2.15. The summed E-state index contributed by atoms with van der Waals surface area (Å²) in [6.45, 7) is 4.07. The molecule has 122 valence electrons. The van der Waals surface area contributed by atoms with Gasteiger partial charge in [-0.25, -0.2) is 9.97 Å². The van der Waals surface area contributed by atoms with Gasteiger partial charge in [0.25, 0.3) is 5.91 Å². The number of methoxy groups -OCH3 is 1. The average molecular weight is 314 g/mol. The van der Waals surface area contributed by atoms with Gasteiger partial charge in [0, 0.05) is 25.5 Å². The van der Waals surface area contributed by atoms with Gasteiger partial charge >= 0.3 is 0 Å². The van der Waals surface area contributed by atoms with Crippen LogP contribution in [0.15, 0.2) is 30.3 Å². The number of rotatable bonds is 5. The van der Waals surface area contributed by atoms with Crippen LogP contribution in [0.3, 0.4) is 0 Å². The molecule has 0 unspecified atom stereocenters. The second-order valence-electron chi connectivity index (χ2n) is 5.71. The molecular formula is C17H22N4O2. The Kier molecular flexibility index (Phi) is 5.16. The summed E-state index contributed by atoms with van der Waals surface area (Å²) >= 11 is 0. The summed E-state index contributed by atoms with van der Waals surface area (Å²) in [6.07, 6.45) is 0. The molecule has 6 heteroatoms. The van der Waals surface area contributed by atoms with Gasteiger partial charge in [0.15, 0.2) is 0 Å². The first kappa shape index (κ1) is 16.7. The van der Waals surface area contributed by atoms with Crippen LogP contribution in [0.1, 0.15) is 35.9 Å². The highest BCUT2D eigenvalue weighted by Crippen LogP contribution is 2.18. The molecule has 0 aliphatic rings. The monoisotopic (exact) mass is 314 g/mol. The molecule has 0 aliphatic heterocycles. The number of amides is 1. The Hall–Kier alpha value is -2.63. The SMILES string of the molecule is COc1ccc(NC(=O)c2cc(C(C)C)nc(N(C)C)n2)cc1. The highest BCUT2D eigenvalue weighted by molar-refractivity contribution is 6.03. The molecule has 0 aliphatic carbocycles. The molecule has 0 atom stereocenters. The average Bonchev–Trinajstić information content (AvgIpc) is 2.55. The van der Waals surface area contributed by atoms with Gasteiger partial charge < -0.3 is 15.0 Å². The van der Waals surface area contributed by atoms with E-state index in [9.17, 15) is 4.79 Å². The lowest BCUT2D eigenvalue weighted by Crippen LogP contribution is -2.19. The van der Waals surface area contributed by atoms with Gasteiger partial charge in [0.2, 0.25) is 5.95 Å². The predicted molar refractivity (Wildman–Crippen MR) is 91.4 cm³/mol. The van der Waals surface area contributed by atoms with Gasteiger partial charge in [-0.2, -0.15) is 0 Å². The Morgan fingerprint density at radius 3 is 2.35 bits per heavy atom. The van der Waals surface area contributed by atoms with Crippen molar-refractivity contribution in [3.8, 4) is 5.75 Å². The van der Waals surface area contributed by atoms with Crippen LogP contribution < -0.4 is 15.0 Å². The molecule has 0 radical (unpaired) electrons. The summed E-state index contributed by atoms with van der Waals surface area (Å²) in [6, 6.07) is 8.89. The van der Waals surface area contributed by atoms with E-state index in [1.54, 1.807) is 42.3 Å². The molecule has 0 fully saturated rings. The molecule has 0 spiro atoms. The standard InChI is InChI=1S/C17H22N4O2/c1-11(2)14-10-15(20-17(19-14)21(3)4)16(22)18-12-6-8-13(23-5)9-7-12/h6-11H,1-5H3,(H,18,22). The van der Waals surface area contributed by atoms with Crippen molar-refractivity contribution in [2.75, 3.05) is 31.4 Å². The first-order valence-electron chi connectivity index (χ1n) is 7.42. The third-order valence-electron chi connectivity index (χ3n) is 3.31. The number of nitrogens with one attached hydrogen (secondary N) is 1. The molecule has 0 saturated carbocycles. The quantitative estimate of drug-likeness (QED) is 0.919. The Morgan fingerprint density at radius 1 is 1.17 bits per heavy atom. The van der Waals surface area contributed by atoms with Crippen molar-refractivity contribution < 1.29 is 9.53 Å². The normalized spacial score (nSPS) is 10.5. The lowest BCUT2D eigenvalue weighted by molar-refractivity contribution is 0.102. The van der Waals surface area contributed by atoms with Crippen molar-refractivity contribution in [1.82, 2.24) is 9.97 Å². The fraction of sp³-hybridized carbons (Fsp3) is 0.353. The zero-order valence-corrected chi connectivity index (χ0v) is 14.1. The molecular weight excluding hydrogens is 292 g/mol. The van der Waals surface area contributed by atoms with Crippen molar-refractivity contribution in [3.63, 3.8) is 0 Å². The van der Waals surface area contributed by atoms with E-state index in [1.165, 1.54) is 0 Å². The largest absolute Gasteiger partial charge is 0.497 e. The molecule has 0 bridgehead atoms. The zero-order chi connectivity index (χ0) is 17.0. The smallest absolute Gasteiger partial charge is 0.274 e. The highest BCUT2D eigenvalue weighted by Gasteiger charge is 2.15. The maximum atomic E-state index is 12.5. The molecule has 2 rings (SSSR count). The summed E-state index contributed by atoms with van der Waals surface area (Å²) in [7, 11) is 5.31. The van der Waals surface area contributed by atoms with E-state index >= 15 is 0 Å². The van der Waals surface area contributed by atoms with Crippen LogP contribution in [0.2, 0.25) is 0 Å². The molecule has 1 amide bonds. The minimum absolute atomic E-state index is 0.212. The van der Waals surface area contributed by atoms with Gasteiger partial charge in [-0.1, -0.05) is 13.8 Å². The number of hydrogen-bond acceptors (Lipinski definition) is 5. The van der Waals surface area contributed by atoms with Crippen molar-refractivity contribution in [2.45, 2.75) is 19.8 Å². The van der Waals surface area contributed by atoms with Gasteiger partial charge in [-0.05, 0) is 36.2 Å². The van der Waals surface area contributed by atoms with Crippen molar-refractivity contribution in [1.29, 1.82) is 0 Å². The molecule has 1 aromatic carbocycles. The third-order valence-corrected chi connectivity index (χ3v) is 3.31. The van der Waals surface area contributed by atoms with Gasteiger partial charge in [-0.3, -0.25) is 4.79 Å². The summed E-state index contributed by atoms with van der Waals surface area (Å²) in [5.41, 5.74) is 1.87. The zero-order valence-electron chi connectivity index (χ0n) is 14.1. The molecule has 0 saturated heterocycles. The molecule has 2 aromatic rings. The number of aromatic nitrogens is 2. The van der Waals surface area contributed by atoms with Gasteiger partial charge in [-0.15, -0.1) is 0 Å². The summed E-state index contributed by atoms with van der Waals surface area (Å²) in [5, 5.41) is 2.84. The summed E-state index contributed by atoms with van der Waals surface area (Å²) in [4.78, 5) is 23.0. The predicted octanol–water partition coefficient (Wildman–Crippen LogP) is 2.93. The Bertz CT molecular complexity index is 655. The molecule has 1 heterocycles. The number of hydrogen-bond donors (Lipinski definition) is 1. The van der Waals surface area contributed by atoms with Crippen LogP contribution in [0, 0.1) is 0 Å². The maximum Gasteiger partial charge on any atom is 0.274 e. The van der Waals surface area contributed by atoms with Crippen LogP contribution in [-0.2, 0) is 0 Å². The number of anilines is 2. The summed E-state index contributed by atoms with van der Waals surface area (Å²) < 4.78 is 5.10. The number of carbonyl (C=O) groups excluding carboxylic acids is 1. The fourth-order valence-corrected chi connectivity index (χ4v) is 1.93. The molecule has 23 heavy (non-hydrogen) atoms.